The molecule has 0 atom stereocenters. The minimum absolute atomic E-state index is 0.347. The summed E-state index contributed by atoms with van der Waals surface area (Å²) in [5.41, 5.74) is 2.13. The molecule has 0 heterocycles. The van der Waals surface area contributed by atoms with Gasteiger partial charge in [-0.25, -0.2) is 0 Å². The van der Waals surface area contributed by atoms with Crippen molar-refractivity contribution in [2.75, 3.05) is 17.7 Å². The van der Waals surface area contributed by atoms with Crippen LogP contribution in [-0.2, 0) is 9.59 Å². The fourth-order valence-electron chi connectivity index (χ4n) is 2.07. The minimum Gasteiger partial charge on any atom is -0.495 e. The van der Waals surface area contributed by atoms with E-state index in [4.69, 9.17) is 16.3 Å². The van der Waals surface area contributed by atoms with Crippen LogP contribution in [0.1, 0.15) is 25.3 Å². The quantitative estimate of drug-likeness (QED) is 0.821. The minimum atomic E-state index is -0.774. The van der Waals surface area contributed by atoms with E-state index in [0.717, 1.165) is 5.56 Å². The summed E-state index contributed by atoms with van der Waals surface area (Å²) < 4.78 is 5.03. The Labute approximate surface area is 146 Å². The van der Waals surface area contributed by atoms with Gasteiger partial charge in [-0.05, 0) is 41.8 Å². The van der Waals surface area contributed by atoms with Gasteiger partial charge in [0.2, 0.25) is 0 Å². The van der Waals surface area contributed by atoms with Crippen LogP contribution >= 0.6 is 11.6 Å². The van der Waals surface area contributed by atoms with Gasteiger partial charge in [-0.2, -0.15) is 0 Å². The van der Waals surface area contributed by atoms with Gasteiger partial charge in [-0.3, -0.25) is 9.59 Å². The van der Waals surface area contributed by atoms with Gasteiger partial charge in [0, 0.05) is 11.4 Å². The summed E-state index contributed by atoms with van der Waals surface area (Å²) in [7, 11) is 1.50. The second-order valence-electron chi connectivity index (χ2n) is 5.53. The topological polar surface area (TPSA) is 67.4 Å². The first-order valence-electron chi connectivity index (χ1n) is 7.46. The van der Waals surface area contributed by atoms with Crippen molar-refractivity contribution in [3.63, 3.8) is 0 Å². The molecule has 126 valence electrons. The Morgan fingerprint density at radius 3 is 2.00 bits per heavy atom. The van der Waals surface area contributed by atoms with Gasteiger partial charge in [-0.15, -0.1) is 0 Å². The summed E-state index contributed by atoms with van der Waals surface area (Å²) in [5.74, 6) is -0.634. The highest BCUT2D eigenvalue weighted by Crippen LogP contribution is 2.27. The lowest BCUT2D eigenvalue weighted by molar-refractivity contribution is -0.132. The Hall–Kier alpha value is -2.53. The van der Waals surface area contributed by atoms with E-state index < -0.39 is 11.8 Å². The molecular weight excluding hydrogens is 328 g/mol. The summed E-state index contributed by atoms with van der Waals surface area (Å²) in [6, 6.07) is 12.1. The normalized spacial score (nSPS) is 10.4. The van der Waals surface area contributed by atoms with Crippen LogP contribution in [-0.4, -0.2) is 18.9 Å². The maximum absolute atomic E-state index is 12.0. The number of methoxy groups -OCH3 is 1. The van der Waals surface area contributed by atoms with E-state index in [1.54, 1.807) is 24.3 Å². The van der Waals surface area contributed by atoms with Gasteiger partial charge < -0.3 is 15.4 Å². The van der Waals surface area contributed by atoms with Crippen LogP contribution in [0.15, 0.2) is 42.5 Å². The summed E-state index contributed by atoms with van der Waals surface area (Å²) in [6.45, 7) is 4.17. The third-order valence-electron chi connectivity index (χ3n) is 3.45. The third kappa shape index (κ3) is 4.49. The molecule has 0 fully saturated rings. The molecule has 24 heavy (non-hydrogen) atoms. The second kappa shape index (κ2) is 7.84. The lowest BCUT2D eigenvalue weighted by Crippen LogP contribution is -2.29. The van der Waals surface area contributed by atoms with Crippen molar-refractivity contribution in [2.24, 2.45) is 0 Å². The first-order valence-corrected chi connectivity index (χ1v) is 7.84. The zero-order valence-corrected chi connectivity index (χ0v) is 14.5. The molecule has 0 aliphatic rings. The van der Waals surface area contributed by atoms with E-state index >= 15 is 0 Å². The standard InChI is InChI=1S/C18H19ClN2O3/c1-11(2)12-4-6-13(7-5-12)20-17(22)18(23)21-14-8-9-16(24-3)15(19)10-14/h4-11H,1-3H3,(H,20,22)(H,21,23). The van der Waals surface area contributed by atoms with E-state index in [0.29, 0.717) is 28.1 Å². The van der Waals surface area contributed by atoms with Crippen LogP contribution in [0.25, 0.3) is 0 Å². The van der Waals surface area contributed by atoms with E-state index in [1.807, 2.05) is 12.1 Å². The summed E-state index contributed by atoms with van der Waals surface area (Å²) >= 11 is 5.99. The first kappa shape index (κ1) is 17.8. The van der Waals surface area contributed by atoms with Gasteiger partial charge in [0.05, 0.1) is 12.1 Å². The molecular formula is C18H19ClN2O3. The molecule has 0 bridgehead atoms. The fraction of sp³-hybridized carbons (Fsp3) is 0.222. The molecule has 5 nitrogen and oxygen atoms in total. The maximum Gasteiger partial charge on any atom is 0.314 e. The second-order valence-corrected chi connectivity index (χ2v) is 5.94. The molecule has 0 spiro atoms. The number of nitrogens with one attached hydrogen (secondary N) is 2. The molecule has 0 radical (unpaired) electrons. The smallest absolute Gasteiger partial charge is 0.314 e. The van der Waals surface area contributed by atoms with Crippen molar-refractivity contribution in [1.82, 2.24) is 0 Å². The van der Waals surface area contributed by atoms with Gasteiger partial charge in [0.15, 0.2) is 0 Å². The molecule has 2 amide bonds. The van der Waals surface area contributed by atoms with Gasteiger partial charge in [-0.1, -0.05) is 37.6 Å². The number of rotatable bonds is 4. The molecule has 0 saturated carbocycles. The van der Waals surface area contributed by atoms with E-state index in [9.17, 15) is 9.59 Å². The monoisotopic (exact) mass is 346 g/mol. The van der Waals surface area contributed by atoms with Crippen molar-refractivity contribution in [1.29, 1.82) is 0 Å². The van der Waals surface area contributed by atoms with Gasteiger partial charge >= 0.3 is 11.8 Å². The fourth-order valence-corrected chi connectivity index (χ4v) is 2.33. The number of benzene rings is 2. The largest absolute Gasteiger partial charge is 0.495 e. The lowest BCUT2D eigenvalue weighted by Gasteiger charge is -2.10. The Balaban J connectivity index is 1.99. The zero-order valence-electron chi connectivity index (χ0n) is 13.7. The molecule has 0 saturated heterocycles. The third-order valence-corrected chi connectivity index (χ3v) is 3.75. The molecule has 0 aliphatic carbocycles. The lowest BCUT2D eigenvalue weighted by atomic mass is 10.0. The number of ether oxygens (including phenoxy) is 1. The molecule has 0 aromatic heterocycles. The molecule has 2 aromatic rings. The number of halogens is 1. The van der Waals surface area contributed by atoms with E-state index in [2.05, 4.69) is 24.5 Å². The SMILES string of the molecule is COc1ccc(NC(=O)C(=O)Nc2ccc(C(C)C)cc2)cc1Cl. The molecule has 2 rings (SSSR count). The Kier molecular flexibility index (Phi) is 5.82. The Morgan fingerprint density at radius 1 is 0.958 bits per heavy atom. The average molecular weight is 347 g/mol. The average Bonchev–Trinajstić information content (AvgIpc) is 2.55. The maximum atomic E-state index is 12.0. The van der Waals surface area contributed by atoms with Crippen LogP contribution in [0, 0.1) is 0 Å². The highest BCUT2D eigenvalue weighted by atomic mass is 35.5. The molecule has 0 unspecified atom stereocenters. The summed E-state index contributed by atoms with van der Waals surface area (Å²) in [4.78, 5) is 23.9. The zero-order chi connectivity index (χ0) is 17.7. The van der Waals surface area contributed by atoms with Crippen LogP contribution < -0.4 is 15.4 Å². The molecule has 0 aliphatic heterocycles. The molecule has 2 N–H and O–H groups in total. The molecule has 2 aromatic carbocycles. The first-order chi connectivity index (χ1) is 11.4. The van der Waals surface area contributed by atoms with Crippen molar-refractivity contribution in [2.45, 2.75) is 19.8 Å². The number of anilines is 2. The number of hydrogen-bond donors (Lipinski definition) is 2. The predicted octanol–water partition coefficient (Wildman–Crippen LogP) is 4.05. The van der Waals surface area contributed by atoms with Crippen LogP contribution in [0.3, 0.4) is 0 Å². The number of amides is 2. The highest BCUT2D eigenvalue weighted by molar-refractivity contribution is 6.43. The number of carbonyl (C=O) groups excluding carboxylic acids is 2. The van der Waals surface area contributed by atoms with E-state index in [-0.39, 0.29) is 0 Å². The van der Waals surface area contributed by atoms with Gasteiger partial charge in [0.1, 0.15) is 5.75 Å². The van der Waals surface area contributed by atoms with Crippen molar-refractivity contribution >= 4 is 34.8 Å². The Morgan fingerprint density at radius 2 is 1.50 bits per heavy atom. The number of hydrogen-bond acceptors (Lipinski definition) is 3. The van der Waals surface area contributed by atoms with Crippen LogP contribution in [0.4, 0.5) is 11.4 Å². The van der Waals surface area contributed by atoms with Gasteiger partial charge in [0.25, 0.3) is 0 Å². The van der Waals surface area contributed by atoms with Crippen LogP contribution in [0.2, 0.25) is 5.02 Å². The van der Waals surface area contributed by atoms with E-state index in [1.165, 1.54) is 13.2 Å². The Bertz CT molecular complexity index is 742. The highest BCUT2D eigenvalue weighted by Gasteiger charge is 2.15. The summed E-state index contributed by atoms with van der Waals surface area (Å²) in [6.07, 6.45) is 0. The predicted molar refractivity (Wildman–Crippen MR) is 95.8 cm³/mol. The summed E-state index contributed by atoms with van der Waals surface area (Å²) in [5, 5.41) is 5.40. The molecule has 6 heteroatoms. The number of carbonyl (C=O) groups is 2. The van der Waals surface area contributed by atoms with Crippen LogP contribution in [0.5, 0.6) is 5.75 Å². The van der Waals surface area contributed by atoms with Crippen molar-refractivity contribution < 1.29 is 14.3 Å². The van der Waals surface area contributed by atoms with Crippen molar-refractivity contribution in [3.8, 4) is 5.75 Å². The van der Waals surface area contributed by atoms with Crippen molar-refractivity contribution in [3.05, 3.63) is 53.1 Å².